The summed E-state index contributed by atoms with van der Waals surface area (Å²) in [6.07, 6.45) is 6.37. The highest BCUT2D eigenvalue weighted by Gasteiger charge is 2.25. The number of amides is 1. The van der Waals surface area contributed by atoms with Crippen molar-refractivity contribution in [3.8, 4) is 0 Å². The van der Waals surface area contributed by atoms with E-state index in [0.29, 0.717) is 5.92 Å². The number of carbonyl (C=O) groups is 1. The lowest BCUT2D eigenvalue weighted by atomic mass is 9.94. The summed E-state index contributed by atoms with van der Waals surface area (Å²) < 4.78 is 5.47. The molecule has 0 radical (unpaired) electrons. The standard InChI is InChI=1S/C22H34N2O2/c1-16-14-19(23(6)7)15-17(2)20(16)9-8-18-10-12-24(13-11-18)21(25)26-22(3,4)5/h8-9,14-15,18H,10-13H2,1-7H3/b9-8+. The molecule has 1 aromatic rings. The summed E-state index contributed by atoms with van der Waals surface area (Å²) in [5.41, 5.74) is 4.72. The minimum Gasteiger partial charge on any atom is -0.444 e. The lowest BCUT2D eigenvalue weighted by Gasteiger charge is -2.32. The topological polar surface area (TPSA) is 32.8 Å². The summed E-state index contributed by atoms with van der Waals surface area (Å²) in [4.78, 5) is 16.1. The lowest BCUT2D eigenvalue weighted by Crippen LogP contribution is -2.41. The van der Waals surface area contributed by atoms with Gasteiger partial charge in [0.15, 0.2) is 0 Å². The van der Waals surface area contributed by atoms with E-state index in [2.05, 4.69) is 57.1 Å². The van der Waals surface area contributed by atoms with Gasteiger partial charge in [0.25, 0.3) is 0 Å². The van der Waals surface area contributed by atoms with Gasteiger partial charge < -0.3 is 14.5 Å². The van der Waals surface area contributed by atoms with Crippen LogP contribution in [0, 0.1) is 19.8 Å². The molecule has 0 spiro atoms. The molecule has 0 aromatic heterocycles. The van der Waals surface area contributed by atoms with Gasteiger partial charge in [-0.25, -0.2) is 4.79 Å². The first-order chi connectivity index (χ1) is 12.1. The van der Waals surface area contributed by atoms with Gasteiger partial charge in [0.2, 0.25) is 0 Å². The Bertz CT molecular complexity index is 640. The predicted octanol–water partition coefficient (Wildman–Crippen LogP) is 5.03. The van der Waals surface area contributed by atoms with E-state index in [1.54, 1.807) is 0 Å². The number of piperidine rings is 1. The fourth-order valence-corrected chi connectivity index (χ4v) is 3.31. The molecule has 1 saturated heterocycles. The molecule has 0 aliphatic carbocycles. The minimum atomic E-state index is -0.429. The largest absolute Gasteiger partial charge is 0.444 e. The zero-order valence-electron chi connectivity index (χ0n) is 17.4. The van der Waals surface area contributed by atoms with E-state index >= 15 is 0 Å². The molecule has 0 saturated carbocycles. The van der Waals surface area contributed by atoms with Gasteiger partial charge in [-0.1, -0.05) is 12.2 Å². The molecule has 4 heteroatoms. The molecule has 1 amide bonds. The van der Waals surface area contributed by atoms with Crippen LogP contribution in [-0.2, 0) is 4.74 Å². The third-order valence-electron chi connectivity index (χ3n) is 4.82. The number of anilines is 1. The van der Waals surface area contributed by atoms with E-state index in [0.717, 1.165) is 25.9 Å². The number of rotatable bonds is 3. The van der Waals surface area contributed by atoms with E-state index < -0.39 is 5.60 Å². The quantitative estimate of drug-likeness (QED) is 0.760. The Morgan fingerprint density at radius 2 is 1.69 bits per heavy atom. The molecular formula is C22H34N2O2. The van der Waals surface area contributed by atoms with E-state index in [-0.39, 0.29) is 6.09 Å². The van der Waals surface area contributed by atoms with Crippen molar-refractivity contribution >= 4 is 17.9 Å². The number of benzene rings is 1. The predicted molar refractivity (Wildman–Crippen MR) is 110 cm³/mol. The summed E-state index contributed by atoms with van der Waals surface area (Å²) in [7, 11) is 4.14. The van der Waals surface area contributed by atoms with Gasteiger partial charge in [0.05, 0.1) is 0 Å². The molecule has 4 nitrogen and oxygen atoms in total. The van der Waals surface area contributed by atoms with Crippen LogP contribution in [0.25, 0.3) is 6.08 Å². The molecular weight excluding hydrogens is 324 g/mol. The number of likely N-dealkylation sites (tertiary alicyclic amines) is 1. The van der Waals surface area contributed by atoms with E-state index in [4.69, 9.17) is 4.74 Å². The smallest absolute Gasteiger partial charge is 0.410 e. The second-order valence-electron chi connectivity index (χ2n) is 8.55. The third kappa shape index (κ3) is 5.52. The molecule has 2 rings (SSSR count). The van der Waals surface area contributed by atoms with Crippen LogP contribution in [-0.4, -0.2) is 43.8 Å². The number of nitrogens with zero attached hydrogens (tertiary/aromatic N) is 2. The van der Waals surface area contributed by atoms with Crippen LogP contribution in [0.4, 0.5) is 10.5 Å². The zero-order valence-corrected chi connectivity index (χ0v) is 17.4. The van der Waals surface area contributed by atoms with E-state index in [9.17, 15) is 4.79 Å². The van der Waals surface area contributed by atoms with Gasteiger partial charge in [-0.2, -0.15) is 0 Å². The van der Waals surface area contributed by atoms with Crippen molar-refractivity contribution < 1.29 is 9.53 Å². The van der Waals surface area contributed by atoms with Crippen molar-refractivity contribution in [2.75, 3.05) is 32.1 Å². The number of carbonyl (C=O) groups excluding carboxylic acids is 1. The van der Waals surface area contributed by atoms with Crippen LogP contribution in [0.3, 0.4) is 0 Å². The number of ether oxygens (including phenoxy) is 1. The Hall–Kier alpha value is -1.97. The van der Waals surface area contributed by atoms with Crippen LogP contribution < -0.4 is 4.90 Å². The summed E-state index contributed by atoms with van der Waals surface area (Å²) in [5.74, 6) is 0.515. The molecule has 1 aromatic carbocycles. The van der Waals surface area contributed by atoms with Gasteiger partial charge in [0.1, 0.15) is 5.60 Å². The summed E-state index contributed by atoms with van der Waals surface area (Å²) in [5, 5.41) is 0. The molecule has 0 atom stereocenters. The maximum absolute atomic E-state index is 12.2. The van der Waals surface area contributed by atoms with Crippen LogP contribution in [0.15, 0.2) is 18.2 Å². The van der Waals surface area contributed by atoms with Gasteiger partial charge in [-0.15, -0.1) is 0 Å². The molecule has 1 heterocycles. The minimum absolute atomic E-state index is 0.189. The van der Waals surface area contributed by atoms with Crippen molar-refractivity contribution in [1.29, 1.82) is 0 Å². The number of allylic oxidation sites excluding steroid dienone is 1. The molecule has 26 heavy (non-hydrogen) atoms. The highest BCUT2D eigenvalue weighted by atomic mass is 16.6. The SMILES string of the molecule is Cc1cc(N(C)C)cc(C)c1/C=C/C1CCN(C(=O)OC(C)(C)C)CC1. The maximum atomic E-state index is 12.2. The van der Waals surface area contributed by atoms with Crippen molar-refractivity contribution in [2.24, 2.45) is 5.92 Å². The first-order valence-corrected chi connectivity index (χ1v) is 9.51. The molecule has 144 valence electrons. The Labute approximate surface area is 158 Å². The molecule has 1 aliphatic rings. The fraction of sp³-hybridized carbons (Fsp3) is 0.591. The summed E-state index contributed by atoms with van der Waals surface area (Å²) >= 11 is 0. The normalized spacial score (nSPS) is 16.2. The van der Waals surface area contributed by atoms with Crippen molar-refractivity contribution in [3.05, 3.63) is 34.9 Å². The van der Waals surface area contributed by atoms with Gasteiger partial charge in [-0.05, 0) is 82.2 Å². The summed E-state index contributed by atoms with van der Waals surface area (Å²) in [6, 6.07) is 4.47. The highest BCUT2D eigenvalue weighted by molar-refractivity contribution is 5.68. The van der Waals surface area contributed by atoms with Gasteiger partial charge in [0, 0.05) is 32.9 Å². The van der Waals surface area contributed by atoms with Gasteiger partial charge in [-0.3, -0.25) is 0 Å². The van der Waals surface area contributed by atoms with Crippen LogP contribution in [0.5, 0.6) is 0 Å². The Kier molecular flexibility index (Phi) is 6.38. The van der Waals surface area contributed by atoms with Crippen LogP contribution >= 0.6 is 0 Å². The summed E-state index contributed by atoms with van der Waals surface area (Å²) in [6.45, 7) is 11.6. The maximum Gasteiger partial charge on any atom is 0.410 e. The third-order valence-corrected chi connectivity index (χ3v) is 4.82. The number of hydrogen-bond acceptors (Lipinski definition) is 3. The van der Waals surface area contributed by atoms with Gasteiger partial charge >= 0.3 is 6.09 Å². The van der Waals surface area contributed by atoms with Crippen molar-refractivity contribution in [1.82, 2.24) is 4.90 Å². The number of aryl methyl sites for hydroxylation is 2. The second-order valence-corrected chi connectivity index (χ2v) is 8.55. The van der Waals surface area contributed by atoms with Crippen LogP contribution in [0.2, 0.25) is 0 Å². The molecule has 0 bridgehead atoms. The first-order valence-electron chi connectivity index (χ1n) is 9.51. The zero-order chi connectivity index (χ0) is 19.5. The van der Waals surface area contributed by atoms with Crippen molar-refractivity contribution in [2.45, 2.75) is 53.1 Å². The fourth-order valence-electron chi connectivity index (χ4n) is 3.31. The van der Waals surface area contributed by atoms with E-state index in [1.807, 2.05) is 25.7 Å². The lowest BCUT2D eigenvalue weighted by molar-refractivity contribution is 0.0197. The highest BCUT2D eigenvalue weighted by Crippen LogP contribution is 2.26. The molecule has 1 fully saturated rings. The molecule has 0 unspecified atom stereocenters. The average molecular weight is 359 g/mol. The Morgan fingerprint density at radius 3 is 2.15 bits per heavy atom. The average Bonchev–Trinajstić information content (AvgIpc) is 2.52. The molecule has 0 N–H and O–H groups in total. The van der Waals surface area contributed by atoms with E-state index in [1.165, 1.54) is 22.4 Å². The van der Waals surface area contributed by atoms with Crippen LogP contribution in [0.1, 0.15) is 50.3 Å². The Balaban J connectivity index is 1.96. The molecule has 1 aliphatic heterocycles. The first kappa shape index (κ1) is 20.3. The van der Waals surface area contributed by atoms with Crippen molar-refractivity contribution in [3.63, 3.8) is 0 Å². The monoisotopic (exact) mass is 358 g/mol. The number of hydrogen-bond donors (Lipinski definition) is 0. The Morgan fingerprint density at radius 1 is 1.15 bits per heavy atom. The second kappa shape index (κ2) is 8.15.